The molecule has 0 radical (unpaired) electrons. The van der Waals surface area contributed by atoms with Crippen molar-refractivity contribution in [2.24, 2.45) is 0 Å². The molecule has 0 bridgehead atoms. The molecule has 0 aliphatic carbocycles. The third kappa shape index (κ3) is 5.01. The van der Waals surface area contributed by atoms with Crippen LogP contribution in [0.3, 0.4) is 0 Å². The molecule has 3 atom stereocenters. The molecule has 42 heavy (non-hydrogen) atoms. The minimum Gasteiger partial charge on any atom is -0.481 e. The Morgan fingerprint density at radius 1 is 1.14 bits per heavy atom. The maximum absolute atomic E-state index is 12.2. The average Bonchev–Trinajstić information content (AvgIpc) is 3.33. The second-order valence-electron chi connectivity index (χ2n) is 11.4. The van der Waals surface area contributed by atoms with Crippen LogP contribution in [0.2, 0.25) is 5.02 Å². The van der Waals surface area contributed by atoms with Crippen molar-refractivity contribution < 1.29 is 19.4 Å². The maximum Gasteiger partial charge on any atom is 0.320 e. The van der Waals surface area contributed by atoms with E-state index < -0.39 is 5.72 Å². The molecule has 2 aromatic carbocycles. The van der Waals surface area contributed by atoms with E-state index in [1.807, 2.05) is 44.1 Å². The van der Waals surface area contributed by atoms with Crippen LogP contribution in [-0.2, 0) is 4.79 Å². The number of rotatable bonds is 6. The second kappa shape index (κ2) is 11.2. The molecule has 1 aromatic heterocycles. The number of benzene rings is 2. The molecule has 10 nitrogen and oxygen atoms in total. The van der Waals surface area contributed by atoms with Gasteiger partial charge in [-0.15, -0.1) is 0 Å². The van der Waals surface area contributed by atoms with E-state index in [4.69, 9.17) is 31.0 Å². The number of hydrogen-bond acceptors (Lipinski definition) is 9. The number of aromatic nitrogens is 2. The Kier molecular flexibility index (Phi) is 7.63. The number of fused-ring (bicyclic) bond motifs is 2. The van der Waals surface area contributed by atoms with Gasteiger partial charge in [0.1, 0.15) is 12.7 Å². The second-order valence-corrected chi connectivity index (χ2v) is 11.8. The lowest BCUT2D eigenvalue weighted by Gasteiger charge is -2.42. The minimum atomic E-state index is -1.07. The lowest BCUT2D eigenvalue weighted by atomic mass is 9.93. The summed E-state index contributed by atoms with van der Waals surface area (Å²) in [6, 6.07) is 12.1. The van der Waals surface area contributed by atoms with Gasteiger partial charge in [-0.3, -0.25) is 9.69 Å². The molecule has 2 saturated heterocycles. The number of hydrogen-bond donors (Lipinski definition) is 1. The average molecular weight is 593 g/mol. The summed E-state index contributed by atoms with van der Waals surface area (Å²) >= 11 is 6.73. The first-order valence-electron chi connectivity index (χ1n) is 14.4. The van der Waals surface area contributed by atoms with Crippen molar-refractivity contribution in [3.8, 4) is 11.8 Å². The van der Waals surface area contributed by atoms with Gasteiger partial charge in [-0.05, 0) is 49.9 Å². The number of likely N-dealkylation sites (tertiary alicyclic amines) is 1. The summed E-state index contributed by atoms with van der Waals surface area (Å²) in [6.45, 7) is 8.71. The highest BCUT2D eigenvalue weighted by Gasteiger charge is 2.40. The Balaban J connectivity index is 1.39. The third-order valence-electron chi connectivity index (χ3n) is 8.79. The van der Waals surface area contributed by atoms with Gasteiger partial charge in [0.05, 0.1) is 6.04 Å². The number of nitrogens with zero attached hydrogens (tertiary/aromatic N) is 6. The van der Waals surface area contributed by atoms with E-state index in [1.54, 1.807) is 4.90 Å². The van der Waals surface area contributed by atoms with Crippen LogP contribution >= 0.6 is 11.6 Å². The third-order valence-corrected chi connectivity index (χ3v) is 9.11. The van der Waals surface area contributed by atoms with Crippen LogP contribution in [0.4, 0.5) is 11.6 Å². The standard InChI is InChI=1S/C31H37ClN6O4/c1-5-24(39)37-15-17-38(18-16-37)29-27-28(33-30(34-29)41-19-31(40)13-8-14-35(31)3)36(4)26(20(2)42-27)22-11-6-9-21-10-7-12-23(32)25(21)22/h5-7,9-12,20,26,40H,1,8,13-19H2,2-4H3/t20-,26?,31+/m1/s1. The van der Waals surface area contributed by atoms with E-state index in [9.17, 15) is 9.90 Å². The largest absolute Gasteiger partial charge is 0.481 e. The highest BCUT2D eigenvalue weighted by atomic mass is 35.5. The van der Waals surface area contributed by atoms with Crippen LogP contribution in [0.15, 0.2) is 49.1 Å². The van der Waals surface area contributed by atoms with E-state index in [2.05, 4.69) is 34.6 Å². The number of anilines is 2. The summed E-state index contributed by atoms with van der Waals surface area (Å²) in [5, 5.41) is 13.9. The van der Waals surface area contributed by atoms with Crippen molar-refractivity contribution in [3.63, 3.8) is 0 Å². The molecule has 6 rings (SSSR count). The van der Waals surface area contributed by atoms with Gasteiger partial charge in [-0.1, -0.05) is 48.5 Å². The zero-order chi connectivity index (χ0) is 29.6. The number of halogens is 1. The van der Waals surface area contributed by atoms with Crippen molar-refractivity contribution in [1.29, 1.82) is 0 Å². The fraction of sp³-hybridized carbons (Fsp3) is 0.452. The van der Waals surface area contributed by atoms with E-state index in [-0.39, 0.29) is 30.7 Å². The van der Waals surface area contributed by atoms with Crippen LogP contribution in [0.25, 0.3) is 10.8 Å². The fourth-order valence-electron chi connectivity index (χ4n) is 6.39. The first kappa shape index (κ1) is 28.5. The lowest BCUT2D eigenvalue weighted by molar-refractivity contribution is -0.126. The van der Waals surface area contributed by atoms with Crippen molar-refractivity contribution in [2.45, 2.75) is 37.6 Å². The smallest absolute Gasteiger partial charge is 0.320 e. The lowest BCUT2D eigenvalue weighted by Crippen LogP contribution is -2.49. The number of carbonyl (C=O) groups is 1. The van der Waals surface area contributed by atoms with E-state index in [1.165, 1.54) is 6.08 Å². The predicted molar refractivity (Wildman–Crippen MR) is 164 cm³/mol. The van der Waals surface area contributed by atoms with Crippen molar-refractivity contribution in [2.75, 3.05) is 63.2 Å². The van der Waals surface area contributed by atoms with Crippen LogP contribution in [0.1, 0.15) is 31.4 Å². The van der Waals surface area contributed by atoms with Crippen molar-refractivity contribution >= 4 is 39.9 Å². The van der Waals surface area contributed by atoms with Gasteiger partial charge in [-0.25, -0.2) is 0 Å². The summed E-state index contributed by atoms with van der Waals surface area (Å²) in [5.41, 5.74) is -0.0326. The molecule has 0 saturated carbocycles. The molecule has 3 aromatic rings. The molecule has 4 heterocycles. The normalized spacial score (nSPS) is 24.5. The van der Waals surface area contributed by atoms with Gasteiger partial charge >= 0.3 is 6.01 Å². The molecule has 3 aliphatic rings. The molecule has 1 N–H and O–H groups in total. The molecule has 1 unspecified atom stereocenters. The molecular formula is C31H37ClN6O4. The van der Waals surface area contributed by atoms with Gasteiger partial charge in [0.15, 0.2) is 17.4 Å². The highest BCUT2D eigenvalue weighted by Crippen LogP contribution is 2.47. The molecular weight excluding hydrogens is 556 g/mol. The van der Waals surface area contributed by atoms with E-state index >= 15 is 0 Å². The van der Waals surface area contributed by atoms with Gasteiger partial charge < -0.3 is 29.3 Å². The molecule has 0 spiro atoms. The Labute approximate surface area is 251 Å². The molecule has 3 aliphatic heterocycles. The first-order valence-corrected chi connectivity index (χ1v) is 14.8. The Morgan fingerprint density at radius 3 is 2.55 bits per heavy atom. The van der Waals surface area contributed by atoms with Gasteiger partial charge in [0, 0.05) is 50.2 Å². The Morgan fingerprint density at radius 2 is 1.86 bits per heavy atom. The van der Waals surface area contributed by atoms with Crippen LogP contribution in [0, 0.1) is 0 Å². The Hall–Kier alpha value is -3.60. The summed E-state index contributed by atoms with van der Waals surface area (Å²) in [4.78, 5) is 29.7. The van der Waals surface area contributed by atoms with Gasteiger partial charge in [-0.2, -0.15) is 9.97 Å². The Bertz CT molecular complexity index is 1510. The maximum atomic E-state index is 12.2. The molecule has 1 amide bonds. The highest BCUT2D eigenvalue weighted by molar-refractivity contribution is 6.35. The van der Waals surface area contributed by atoms with Gasteiger partial charge in [0.25, 0.3) is 0 Å². The van der Waals surface area contributed by atoms with E-state index in [0.717, 1.165) is 29.3 Å². The summed E-state index contributed by atoms with van der Waals surface area (Å²) in [6.07, 6.45) is 2.60. The number of ether oxygens (including phenoxy) is 2. The molecule has 11 heteroatoms. The van der Waals surface area contributed by atoms with Crippen molar-refractivity contribution in [3.05, 3.63) is 59.6 Å². The number of amides is 1. The fourth-order valence-corrected chi connectivity index (χ4v) is 6.68. The SMILES string of the molecule is C=CC(=O)N1CCN(c2nc(OC[C@@]3(O)CCCN3C)nc3c2O[C@H](C)C(c2cccc4cccc(Cl)c24)N3C)CC1. The zero-order valence-electron chi connectivity index (χ0n) is 24.3. The number of aliphatic hydroxyl groups is 1. The summed E-state index contributed by atoms with van der Waals surface area (Å²) in [5.74, 6) is 1.69. The number of piperazine rings is 1. The minimum absolute atomic E-state index is 0.0483. The monoisotopic (exact) mass is 592 g/mol. The van der Waals surface area contributed by atoms with Crippen LogP contribution in [0.5, 0.6) is 11.8 Å². The number of carbonyl (C=O) groups excluding carboxylic acids is 1. The molecule has 2 fully saturated rings. The first-order chi connectivity index (χ1) is 20.2. The topological polar surface area (TPSA) is 94.5 Å². The van der Waals surface area contributed by atoms with Crippen molar-refractivity contribution in [1.82, 2.24) is 19.8 Å². The van der Waals surface area contributed by atoms with Crippen LogP contribution in [-0.4, -0.2) is 96.0 Å². The van der Waals surface area contributed by atoms with E-state index in [0.29, 0.717) is 55.0 Å². The van der Waals surface area contributed by atoms with Gasteiger partial charge in [0.2, 0.25) is 11.7 Å². The molecule has 222 valence electrons. The summed E-state index contributed by atoms with van der Waals surface area (Å²) in [7, 11) is 3.89. The zero-order valence-corrected chi connectivity index (χ0v) is 25.0. The number of likely N-dealkylation sites (N-methyl/N-ethyl adjacent to an activating group) is 2. The van der Waals surface area contributed by atoms with Crippen LogP contribution < -0.4 is 19.3 Å². The quantitative estimate of drug-likeness (QED) is 0.428. The predicted octanol–water partition coefficient (Wildman–Crippen LogP) is 3.87. The summed E-state index contributed by atoms with van der Waals surface area (Å²) < 4.78 is 12.8.